The molecule has 1 amide bonds. The Labute approximate surface area is 89.1 Å². The first kappa shape index (κ1) is 10.1. The molecule has 0 unspecified atom stereocenters. The molecule has 0 aliphatic heterocycles. The second-order valence-corrected chi connectivity index (χ2v) is 3.98. The number of carbonyl (C=O) groups excluding carboxylic acids is 1. The van der Waals surface area contributed by atoms with E-state index < -0.39 is 0 Å². The molecule has 0 atom stereocenters. The highest BCUT2D eigenvalue weighted by molar-refractivity contribution is 5.95. The molecule has 2 rings (SSSR count). The Morgan fingerprint density at radius 2 is 2.20 bits per heavy atom. The molecule has 0 saturated heterocycles. The van der Waals surface area contributed by atoms with Crippen molar-refractivity contribution in [1.29, 1.82) is 0 Å². The zero-order valence-electron chi connectivity index (χ0n) is 8.86. The largest absolute Gasteiger partial charge is 0.349 e. The van der Waals surface area contributed by atoms with Crippen LogP contribution in [0.4, 0.5) is 0 Å². The number of nitrogens with zero attached hydrogens (tertiary/aromatic N) is 2. The Bertz CT molecular complexity index is 359. The van der Waals surface area contributed by atoms with Gasteiger partial charge in [-0.1, -0.05) is 12.8 Å². The summed E-state index contributed by atoms with van der Waals surface area (Å²) in [7, 11) is 0. The van der Waals surface area contributed by atoms with Crippen molar-refractivity contribution >= 4 is 5.91 Å². The molecule has 1 fully saturated rings. The molecule has 1 heterocycles. The summed E-state index contributed by atoms with van der Waals surface area (Å²) in [5.74, 6) is -0.0417. The highest BCUT2D eigenvalue weighted by atomic mass is 16.1. The quantitative estimate of drug-likeness (QED) is 0.795. The minimum absolute atomic E-state index is 0.0417. The van der Waals surface area contributed by atoms with E-state index in [4.69, 9.17) is 0 Å². The zero-order valence-corrected chi connectivity index (χ0v) is 8.86. The molecular weight excluding hydrogens is 190 g/mol. The van der Waals surface area contributed by atoms with Gasteiger partial charge in [0.15, 0.2) is 0 Å². The fraction of sp³-hybridized carbons (Fsp3) is 0.545. The first-order valence-corrected chi connectivity index (χ1v) is 5.35. The first-order valence-electron chi connectivity index (χ1n) is 5.35. The van der Waals surface area contributed by atoms with Crippen molar-refractivity contribution in [2.75, 3.05) is 0 Å². The van der Waals surface area contributed by atoms with Crippen molar-refractivity contribution in [2.45, 2.75) is 38.6 Å². The van der Waals surface area contributed by atoms with Gasteiger partial charge in [0.2, 0.25) is 0 Å². The third kappa shape index (κ3) is 2.32. The van der Waals surface area contributed by atoms with Gasteiger partial charge >= 0.3 is 0 Å². The van der Waals surface area contributed by atoms with E-state index in [0.717, 1.165) is 18.5 Å². The van der Waals surface area contributed by atoms with Crippen LogP contribution in [0.1, 0.15) is 41.7 Å². The van der Waals surface area contributed by atoms with Crippen molar-refractivity contribution < 1.29 is 4.79 Å². The summed E-state index contributed by atoms with van der Waals surface area (Å²) in [5, 5.41) is 3.02. The molecule has 0 spiro atoms. The van der Waals surface area contributed by atoms with Crippen LogP contribution in [0, 0.1) is 6.92 Å². The molecule has 4 nitrogen and oxygen atoms in total. The fourth-order valence-electron chi connectivity index (χ4n) is 1.95. The van der Waals surface area contributed by atoms with Crippen LogP contribution in [0.3, 0.4) is 0 Å². The zero-order chi connectivity index (χ0) is 10.7. The van der Waals surface area contributed by atoms with E-state index in [-0.39, 0.29) is 5.91 Å². The van der Waals surface area contributed by atoms with Gasteiger partial charge in [-0.2, -0.15) is 0 Å². The molecule has 1 saturated carbocycles. The normalized spacial score (nSPS) is 16.6. The van der Waals surface area contributed by atoms with E-state index >= 15 is 0 Å². The van der Waals surface area contributed by atoms with Crippen molar-refractivity contribution in [2.24, 2.45) is 0 Å². The van der Waals surface area contributed by atoms with E-state index in [1.165, 1.54) is 19.2 Å². The fourth-order valence-corrected chi connectivity index (χ4v) is 1.95. The molecule has 0 bridgehead atoms. The maximum atomic E-state index is 11.8. The van der Waals surface area contributed by atoms with Gasteiger partial charge in [0.1, 0.15) is 6.33 Å². The summed E-state index contributed by atoms with van der Waals surface area (Å²) < 4.78 is 0. The van der Waals surface area contributed by atoms with Gasteiger partial charge in [0, 0.05) is 12.2 Å². The van der Waals surface area contributed by atoms with Gasteiger partial charge < -0.3 is 5.32 Å². The predicted octanol–water partition coefficient (Wildman–Crippen LogP) is 1.46. The molecular formula is C11H15N3O. The number of amides is 1. The van der Waals surface area contributed by atoms with Crippen molar-refractivity contribution in [1.82, 2.24) is 15.3 Å². The highest BCUT2D eigenvalue weighted by Gasteiger charge is 2.19. The number of carbonyl (C=O) groups is 1. The lowest BCUT2D eigenvalue weighted by Crippen LogP contribution is -2.33. The average molecular weight is 205 g/mol. The number of nitrogens with one attached hydrogen (secondary N) is 1. The molecule has 1 N–H and O–H groups in total. The SMILES string of the molecule is Cc1ncncc1C(=O)NC1CCCC1. The summed E-state index contributed by atoms with van der Waals surface area (Å²) in [4.78, 5) is 19.7. The molecule has 0 aromatic carbocycles. The van der Waals surface area contributed by atoms with Crippen LogP contribution in [0.5, 0.6) is 0 Å². The molecule has 4 heteroatoms. The number of aromatic nitrogens is 2. The lowest BCUT2D eigenvalue weighted by atomic mass is 10.2. The Morgan fingerprint density at radius 3 is 2.87 bits per heavy atom. The summed E-state index contributed by atoms with van der Waals surface area (Å²) >= 11 is 0. The smallest absolute Gasteiger partial charge is 0.254 e. The lowest BCUT2D eigenvalue weighted by Gasteiger charge is -2.12. The van der Waals surface area contributed by atoms with Crippen molar-refractivity contribution in [3.63, 3.8) is 0 Å². The van der Waals surface area contributed by atoms with E-state index in [0.29, 0.717) is 11.6 Å². The van der Waals surface area contributed by atoms with E-state index in [9.17, 15) is 4.79 Å². The first-order chi connectivity index (χ1) is 7.27. The highest BCUT2D eigenvalue weighted by Crippen LogP contribution is 2.18. The van der Waals surface area contributed by atoms with Crippen LogP contribution >= 0.6 is 0 Å². The number of rotatable bonds is 2. The van der Waals surface area contributed by atoms with Gasteiger partial charge in [-0.05, 0) is 19.8 Å². The minimum Gasteiger partial charge on any atom is -0.349 e. The Hall–Kier alpha value is -1.45. The number of aryl methyl sites for hydroxylation is 1. The van der Waals surface area contributed by atoms with Crippen LogP contribution in [0.15, 0.2) is 12.5 Å². The molecule has 0 radical (unpaired) electrons. The standard InChI is InChI=1S/C11H15N3O/c1-8-10(6-12-7-13-8)11(15)14-9-4-2-3-5-9/h6-7,9H,2-5H2,1H3,(H,14,15). The van der Waals surface area contributed by atoms with E-state index in [2.05, 4.69) is 15.3 Å². The molecule has 15 heavy (non-hydrogen) atoms. The van der Waals surface area contributed by atoms with Crippen molar-refractivity contribution in [3.8, 4) is 0 Å². The summed E-state index contributed by atoms with van der Waals surface area (Å²) in [6.45, 7) is 1.82. The number of hydrogen-bond donors (Lipinski definition) is 1. The van der Waals surface area contributed by atoms with Crippen molar-refractivity contribution in [3.05, 3.63) is 23.8 Å². The molecule has 1 aliphatic carbocycles. The lowest BCUT2D eigenvalue weighted by molar-refractivity contribution is 0.0936. The van der Waals surface area contributed by atoms with Crippen LogP contribution in [-0.2, 0) is 0 Å². The van der Waals surface area contributed by atoms with Gasteiger partial charge in [-0.25, -0.2) is 9.97 Å². The van der Waals surface area contributed by atoms with Gasteiger partial charge in [-0.3, -0.25) is 4.79 Å². The predicted molar refractivity (Wildman–Crippen MR) is 56.5 cm³/mol. The summed E-state index contributed by atoms with van der Waals surface area (Å²) in [6.07, 6.45) is 7.66. The van der Waals surface area contributed by atoms with Gasteiger partial charge in [-0.15, -0.1) is 0 Å². The van der Waals surface area contributed by atoms with Gasteiger partial charge in [0.25, 0.3) is 5.91 Å². The Morgan fingerprint density at radius 1 is 1.47 bits per heavy atom. The summed E-state index contributed by atoms with van der Waals surface area (Å²) in [5.41, 5.74) is 1.32. The summed E-state index contributed by atoms with van der Waals surface area (Å²) in [6, 6.07) is 0.345. The second-order valence-electron chi connectivity index (χ2n) is 3.98. The Balaban J connectivity index is 2.04. The Kier molecular flexibility index (Phi) is 2.94. The van der Waals surface area contributed by atoms with Crippen LogP contribution in [0.25, 0.3) is 0 Å². The monoisotopic (exact) mass is 205 g/mol. The van der Waals surface area contributed by atoms with E-state index in [1.807, 2.05) is 6.92 Å². The molecule has 1 aliphatic rings. The van der Waals surface area contributed by atoms with Gasteiger partial charge in [0.05, 0.1) is 11.3 Å². The topological polar surface area (TPSA) is 54.9 Å². The maximum Gasteiger partial charge on any atom is 0.254 e. The molecule has 80 valence electrons. The van der Waals surface area contributed by atoms with E-state index in [1.54, 1.807) is 6.20 Å². The molecule has 1 aromatic rings. The third-order valence-electron chi connectivity index (χ3n) is 2.85. The molecule has 1 aromatic heterocycles. The third-order valence-corrected chi connectivity index (χ3v) is 2.85. The van der Waals surface area contributed by atoms with Crippen LogP contribution in [0.2, 0.25) is 0 Å². The second kappa shape index (κ2) is 4.38. The average Bonchev–Trinajstić information content (AvgIpc) is 2.71. The van der Waals surface area contributed by atoms with Crippen LogP contribution < -0.4 is 5.32 Å². The van der Waals surface area contributed by atoms with Crippen LogP contribution in [-0.4, -0.2) is 21.9 Å². The minimum atomic E-state index is -0.0417. The number of hydrogen-bond acceptors (Lipinski definition) is 3. The maximum absolute atomic E-state index is 11.8.